The quantitative estimate of drug-likeness (QED) is 0.887. The second kappa shape index (κ2) is 8.62. The Bertz CT molecular complexity index is 532. The SMILES string of the molecule is O=C(NCCN1CCN(C(=O)c2ccsc2)CC1)C1CCCCC1. The number of rotatable bonds is 5. The highest BCUT2D eigenvalue weighted by Crippen LogP contribution is 2.23. The number of piperazine rings is 1. The molecule has 1 saturated heterocycles. The normalized spacial score (nSPS) is 20.1. The maximum Gasteiger partial charge on any atom is 0.254 e. The van der Waals surface area contributed by atoms with Crippen LogP contribution >= 0.6 is 11.3 Å². The molecule has 2 aliphatic rings. The molecule has 0 unspecified atom stereocenters. The van der Waals surface area contributed by atoms with Crippen LogP contribution in [-0.4, -0.2) is 60.9 Å². The van der Waals surface area contributed by atoms with E-state index in [4.69, 9.17) is 0 Å². The fourth-order valence-electron chi connectivity index (χ4n) is 3.59. The number of hydrogen-bond donors (Lipinski definition) is 1. The van der Waals surface area contributed by atoms with Crippen LogP contribution in [0.2, 0.25) is 0 Å². The Labute approximate surface area is 148 Å². The minimum absolute atomic E-state index is 0.140. The van der Waals surface area contributed by atoms with Gasteiger partial charge in [0.2, 0.25) is 5.91 Å². The lowest BCUT2D eigenvalue weighted by Crippen LogP contribution is -2.50. The van der Waals surface area contributed by atoms with Crippen LogP contribution in [0.3, 0.4) is 0 Å². The van der Waals surface area contributed by atoms with E-state index in [-0.39, 0.29) is 17.7 Å². The first kappa shape index (κ1) is 17.4. The number of nitrogens with one attached hydrogen (secondary N) is 1. The molecule has 1 aliphatic carbocycles. The summed E-state index contributed by atoms with van der Waals surface area (Å²) in [6.07, 6.45) is 5.76. The molecule has 0 atom stereocenters. The van der Waals surface area contributed by atoms with Crippen molar-refractivity contribution in [3.05, 3.63) is 22.4 Å². The second-order valence-corrected chi connectivity index (χ2v) is 7.55. The third-order valence-electron chi connectivity index (χ3n) is 5.13. The third kappa shape index (κ3) is 4.57. The van der Waals surface area contributed by atoms with Crippen molar-refractivity contribution >= 4 is 23.2 Å². The average Bonchev–Trinajstić information content (AvgIpc) is 3.17. The van der Waals surface area contributed by atoms with E-state index in [1.165, 1.54) is 19.3 Å². The number of hydrogen-bond acceptors (Lipinski definition) is 4. The molecule has 0 radical (unpaired) electrons. The molecule has 1 N–H and O–H groups in total. The van der Waals surface area contributed by atoms with E-state index < -0.39 is 0 Å². The van der Waals surface area contributed by atoms with E-state index in [9.17, 15) is 9.59 Å². The minimum atomic E-state index is 0.140. The van der Waals surface area contributed by atoms with Gasteiger partial charge in [-0.15, -0.1) is 0 Å². The van der Waals surface area contributed by atoms with Crippen molar-refractivity contribution in [1.29, 1.82) is 0 Å². The third-order valence-corrected chi connectivity index (χ3v) is 5.81. The molecule has 24 heavy (non-hydrogen) atoms. The zero-order chi connectivity index (χ0) is 16.8. The van der Waals surface area contributed by atoms with Gasteiger partial charge in [-0.05, 0) is 24.3 Å². The highest BCUT2D eigenvalue weighted by Gasteiger charge is 2.23. The molecule has 2 fully saturated rings. The molecular formula is C18H27N3O2S. The highest BCUT2D eigenvalue weighted by atomic mass is 32.1. The largest absolute Gasteiger partial charge is 0.355 e. The maximum absolute atomic E-state index is 12.3. The molecule has 1 aromatic rings. The highest BCUT2D eigenvalue weighted by molar-refractivity contribution is 7.08. The summed E-state index contributed by atoms with van der Waals surface area (Å²) in [4.78, 5) is 28.7. The molecule has 2 amide bonds. The van der Waals surface area contributed by atoms with Crippen LogP contribution < -0.4 is 5.32 Å². The van der Waals surface area contributed by atoms with Gasteiger partial charge < -0.3 is 10.2 Å². The van der Waals surface area contributed by atoms with E-state index in [0.717, 1.165) is 51.1 Å². The number of carbonyl (C=O) groups excluding carboxylic acids is 2. The van der Waals surface area contributed by atoms with E-state index >= 15 is 0 Å². The Morgan fingerprint density at radius 3 is 2.54 bits per heavy atom. The molecular weight excluding hydrogens is 322 g/mol. The predicted molar refractivity (Wildman–Crippen MR) is 96.2 cm³/mol. The van der Waals surface area contributed by atoms with Crippen LogP contribution in [0.5, 0.6) is 0 Å². The fourth-order valence-corrected chi connectivity index (χ4v) is 4.22. The lowest BCUT2D eigenvalue weighted by Gasteiger charge is -2.34. The molecule has 1 saturated carbocycles. The number of amides is 2. The van der Waals surface area contributed by atoms with Gasteiger partial charge in [-0.3, -0.25) is 14.5 Å². The first-order valence-electron chi connectivity index (χ1n) is 9.05. The Hall–Kier alpha value is -1.40. The molecule has 5 nitrogen and oxygen atoms in total. The van der Waals surface area contributed by atoms with Gasteiger partial charge in [0.05, 0.1) is 5.56 Å². The summed E-state index contributed by atoms with van der Waals surface area (Å²) in [6.45, 7) is 4.90. The van der Waals surface area contributed by atoms with Crippen molar-refractivity contribution in [2.75, 3.05) is 39.3 Å². The first-order valence-corrected chi connectivity index (χ1v) is 10.00. The minimum Gasteiger partial charge on any atom is -0.355 e. The average molecular weight is 350 g/mol. The van der Waals surface area contributed by atoms with Gasteiger partial charge >= 0.3 is 0 Å². The number of thiophene rings is 1. The Balaban J connectivity index is 1.33. The molecule has 2 heterocycles. The molecule has 0 bridgehead atoms. The van der Waals surface area contributed by atoms with E-state index in [1.807, 2.05) is 21.7 Å². The maximum atomic E-state index is 12.3. The topological polar surface area (TPSA) is 52.7 Å². The Morgan fingerprint density at radius 2 is 1.88 bits per heavy atom. The summed E-state index contributed by atoms with van der Waals surface area (Å²) in [6, 6.07) is 1.89. The predicted octanol–water partition coefficient (Wildman–Crippen LogP) is 2.20. The second-order valence-electron chi connectivity index (χ2n) is 6.77. The van der Waals surface area contributed by atoms with Gasteiger partial charge in [0, 0.05) is 50.6 Å². The van der Waals surface area contributed by atoms with Crippen LogP contribution in [0.25, 0.3) is 0 Å². The molecule has 0 aromatic carbocycles. The molecule has 1 aliphatic heterocycles. The van der Waals surface area contributed by atoms with Crippen LogP contribution in [0.4, 0.5) is 0 Å². The number of nitrogens with zero attached hydrogens (tertiary/aromatic N) is 2. The summed E-state index contributed by atoms with van der Waals surface area (Å²) < 4.78 is 0. The lowest BCUT2D eigenvalue weighted by molar-refractivity contribution is -0.125. The molecule has 132 valence electrons. The van der Waals surface area contributed by atoms with Crippen molar-refractivity contribution in [3.63, 3.8) is 0 Å². The molecule has 0 spiro atoms. The first-order chi connectivity index (χ1) is 11.7. The summed E-state index contributed by atoms with van der Waals surface area (Å²) in [5, 5.41) is 6.95. The molecule has 6 heteroatoms. The molecule has 3 rings (SSSR count). The van der Waals surface area contributed by atoms with Crippen molar-refractivity contribution in [2.45, 2.75) is 32.1 Å². The van der Waals surface area contributed by atoms with Crippen LogP contribution in [0.15, 0.2) is 16.8 Å². The van der Waals surface area contributed by atoms with Gasteiger partial charge in [-0.2, -0.15) is 11.3 Å². The summed E-state index contributed by atoms with van der Waals surface area (Å²) in [7, 11) is 0. The van der Waals surface area contributed by atoms with E-state index in [1.54, 1.807) is 11.3 Å². The summed E-state index contributed by atoms with van der Waals surface area (Å²) in [5.41, 5.74) is 0.799. The van der Waals surface area contributed by atoms with Crippen LogP contribution in [0, 0.1) is 5.92 Å². The van der Waals surface area contributed by atoms with Crippen molar-refractivity contribution in [2.24, 2.45) is 5.92 Å². The van der Waals surface area contributed by atoms with Gasteiger partial charge in [0.1, 0.15) is 0 Å². The Kier molecular flexibility index (Phi) is 6.26. The number of carbonyl (C=O) groups is 2. The van der Waals surface area contributed by atoms with E-state index in [0.29, 0.717) is 6.54 Å². The van der Waals surface area contributed by atoms with Crippen LogP contribution in [0.1, 0.15) is 42.5 Å². The summed E-state index contributed by atoms with van der Waals surface area (Å²) >= 11 is 1.56. The van der Waals surface area contributed by atoms with Gasteiger partial charge in [0.15, 0.2) is 0 Å². The fraction of sp³-hybridized carbons (Fsp3) is 0.667. The van der Waals surface area contributed by atoms with Crippen molar-refractivity contribution < 1.29 is 9.59 Å². The zero-order valence-corrected chi connectivity index (χ0v) is 15.0. The molecule has 1 aromatic heterocycles. The van der Waals surface area contributed by atoms with Crippen LogP contribution in [-0.2, 0) is 4.79 Å². The Morgan fingerprint density at radius 1 is 1.12 bits per heavy atom. The van der Waals surface area contributed by atoms with Crippen molar-refractivity contribution in [1.82, 2.24) is 15.1 Å². The van der Waals surface area contributed by atoms with Gasteiger partial charge in [0.25, 0.3) is 5.91 Å². The van der Waals surface area contributed by atoms with E-state index in [2.05, 4.69) is 10.2 Å². The van der Waals surface area contributed by atoms with Gasteiger partial charge in [-0.25, -0.2) is 0 Å². The standard InChI is InChI=1S/C18H27N3O2S/c22-17(15-4-2-1-3-5-15)19-7-8-20-9-11-21(12-10-20)18(23)16-6-13-24-14-16/h6,13-15H,1-5,7-12H2,(H,19,22). The lowest BCUT2D eigenvalue weighted by atomic mass is 9.89. The van der Waals surface area contributed by atoms with Gasteiger partial charge in [-0.1, -0.05) is 19.3 Å². The smallest absolute Gasteiger partial charge is 0.254 e. The van der Waals surface area contributed by atoms with Crippen molar-refractivity contribution in [3.8, 4) is 0 Å². The summed E-state index contributed by atoms with van der Waals surface area (Å²) in [5.74, 6) is 0.612. The monoisotopic (exact) mass is 349 g/mol. The zero-order valence-electron chi connectivity index (χ0n) is 14.2.